The first-order valence-corrected chi connectivity index (χ1v) is 12.1. The molecule has 0 fully saturated rings. The highest BCUT2D eigenvalue weighted by Crippen LogP contribution is 2.38. The molecule has 0 radical (unpaired) electrons. The van der Waals surface area contributed by atoms with Crippen molar-refractivity contribution in [3.05, 3.63) is 74.6 Å². The maximum atomic E-state index is 13.7. The van der Waals surface area contributed by atoms with E-state index < -0.39 is 6.04 Å². The summed E-state index contributed by atoms with van der Waals surface area (Å²) in [5, 5.41) is 0.519. The number of ether oxygens (including phenoxy) is 1. The Kier molecular flexibility index (Phi) is 6.80. The van der Waals surface area contributed by atoms with Crippen LogP contribution in [0, 0.1) is 13.8 Å². The summed E-state index contributed by atoms with van der Waals surface area (Å²) in [5.41, 5.74) is 3.68. The van der Waals surface area contributed by atoms with Crippen molar-refractivity contribution in [3.63, 3.8) is 0 Å². The van der Waals surface area contributed by atoms with E-state index in [-0.39, 0.29) is 23.2 Å². The molecule has 6 heteroatoms. The lowest BCUT2D eigenvalue weighted by Gasteiger charge is -2.28. The number of hydrogen-bond acceptors (Lipinski definition) is 5. The van der Waals surface area contributed by atoms with E-state index in [1.54, 1.807) is 4.90 Å². The second kappa shape index (κ2) is 9.63. The molecule has 4 rings (SSSR count). The summed E-state index contributed by atoms with van der Waals surface area (Å²) in [6.07, 6.45) is 0.0651. The molecule has 2 aromatic carbocycles. The van der Waals surface area contributed by atoms with Gasteiger partial charge in [-0.1, -0.05) is 26.0 Å². The number of likely N-dealkylation sites (N-methyl/N-ethyl adjacent to an activating group) is 1. The quantitative estimate of drug-likeness (QED) is 0.467. The molecule has 1 atom stereocenters. The van der Waals surface area contributed by atoms with E-state index in [0.717, 1.165) is 42.1 Å². The van der Waals surface area contributed by atoms with E-state index in [1.165, 1.54) is 0 Å². The van der Waals surface area contributed by atoms with Crippen LogP contribution in [0.1, 0.15) is 66.5 Å². The first-order chi connectivity index (χ1) is 16.2. The minimum atomic E-state index is -0.492. The van der Waals surface area contributed by atoms with Crippen LogP contribution >= 0.6 is 0 Å². The van der Waals surface area contributed by atoms with Gasteiger partial charge < -0.3 is 19.0 Å². The Hall–Kier alpha value is -3.12. The summed E-state index contributed by atoms with van der Waals surface area (Å²) in [5.74, 6) is 0.689. The molecule has 0 spiro atoms. The zero-order chi connectivity index (χ0) is 24.6. The zero-order valence-corrected chi connectivity index (χ0v) is 21.0. The van der Waals surface area contributed by atoms with Crippen LogP contribution in [0.2, 0.25) is 0 Å². The Morgan fingerprint density at radius 1 is 1.03 bits per heavy atom. The summed E-state index contributed by atoms with van der Waals surface area (Å²) < 4.78 is 11.9. The Morgan fingerprint density at radius 2 is 1.68 bits per heavy atom. The summed E-state index contributed by atoms with van der Waals surface area (Å²) in [6.45, 7) is 15.2. The average Bonchev–Trinajstić information content (AvgIpc) is 3.08. The fourth-order valence-electron chi connectivity index (χ4n) is 4.64. The summed E-state index contributed by atoms with van der Waals surface area (Å²) in [4.78, 5) is 31.4. The molecule has 0 N–H and O–H groups in total. The lowest BCUT2D eigenvalue weighted by Crippen LogP contribution is -2.37. The van der Waals surface area contributed by atoms with E-state index in [1.807, 2.05) is 64.1 Å². The van der Waals surface area contributed by atoms with E-state index in [4.69, 9.17) is 9.15 Å². The van der Waals surface area contributed by atoms with Crippen LogP contribution in [-0.4, -0.2) is 48.0 Å². The monoisotopic (exact) mass is 462 g/mol. The fourth-order valence-corrected chi connectivity index (χ4v) is 4.64. The third-order valence-corrected chi connectivity index (χ3v) is 6.70. The van der Waals surface area contributed by atoms with Crippen LogP contribution < -0.4 is 10.2 Å². The molecule has 6 nitrogen and oxygen atoms in total. The number of amides is 1. The third-order valence-electron chi connectivity index (χ3n) is 6.70. The number of nitrogens with zero attached hydrogens (tertiary/aromatic N) is 2. The molecule has 1 aliphatic heterocycles. The van der Waals surface area contributed by atoms with Crippen molar-refractivity contribution in [1.82, 2.24) is 9.80 Å². The number of aryl methyl sites for hydroxylation is 2. The minimum absolute atomic E-state index is 0.0651. The van der Waals surface area contributed by atoms with Crippen molar-refractivity contribution in [3.8, 4) is 5.75 Å². The minimum Gasteiger partial charge on any atom is -0.491 e. The Balaban J connectivity index is 1.84. The Morgan fingerprint density at radius 3 is 2.29 bits per heavy atom. The second-order valence-corrected chi connectivity index (χ2v) is 9.27. The molecule has 3 aromatic rings. The van der Waals surface area contributed by atoms with Gasteiger partial charge in [-0.15, -0.1) is 0 Å². The van der Waals surface area contributed by atoms with Gasteiger partial charge in [0.25, 0.3) is 5.91 Å². The SMILES string of the molecule is CCN(CC)CCN1C(=O)c2oc3cc(C)c(C)cc3c(=O)c2C1c1ccc(OC(C)C)cc1. The molecule has 1 aromatic heterocycles. The number of carbonyl (C=O) groups excluding carboxylic acids is 1. The van der Waals surface area contributed by atoms with Gasteiger partial charge in [-0.3, -0.25) is 9.59 Å². The highest BCUT2D eigenvalue weighted by molar-refractivity contribution is 5.99. The van der Waals surface area contributed by atoms with E-state index >= 15 is 0 Å². The Labute approximate surface area is 201 Å². The predicted molar refractivity (Wildman–Crippen MR) is 135 cm³/mol. The van der Waals surface area contributed by atoms with Gasteiger partial charge in [-0.2, -0.15) is 0 Å². The van der Waals surface area contributed by atoms with Crippen molar-refractivity contribution in [2.45, 2.75) is 53.7 Å². The molecular formula is C28H34N2O4. The molecule has 0 aliphatic carbocycles. The van der Waals surface area contributed by atoms with Crippen LogP contribution in [0.4, 0.5) is 0 Å². The van der Waals surface area contributed by atoms with Gasteiger partial charge in [0.15, 0.2) is 5.43 Å². The number of rotatable bonds is 8. The maximum Gasteiger partial charge on any atom is 0.290 e. The fraction of sp³-hybridized carbons (Fsp3) is 0.429. The van der Waals surface area contributed by atoms with Crippen LogP contribution in [0.25, 0.3) is 11.0 Å². The molecule has 0 bridgehead atoms. The maximum absolute atomic E-state index is 13.7. The van der Waals surface area contributed by atoms with Crippen molar-refractivity contribution < 1.29 is 13.9 Å². The van der Waals surface area contributed by atoms with E-state index in [9.17, 15) is 9.59 Å². The molecule has 1 unspecified atom stereocenters. The second-order valence-electron chi connectivity index (χ2n) is 9.27. The van der Waals surface area contributed by atoms with Gasteiger partial charge in [0.2, 0.25) is 5.76 Å². The molecule has 180 valence electrons. The third kappa shape index (κ3) is 4.34. The molecule has 34 heavy (non-hydrogen) atoms. The van der Waals surface area contributed by atoms with Gasteiger partial charge in [-0.05, 0) is 81.7 Å². The molecule has 0 saturated heterocycles. The van der Waals surface area contributed by atoms with Gasteiger partial charge in [-0.25, -0.2) is 0 Å². The first-order valence-electron chi connectivity index (χ1n) is 12.1. The van der Waals surface area contributed by atoms with Gasteiger partial charge in [0.05, 0.1) is 23.1 Å². The van der Waals surface area contributed by atoms with E-state index in [0.29, 0.717) is 23.1 Å². The smallest absolute Gasteiger partial charge is 0.290 e. The van der Waals surface area contributed by atoms with Crippen molar-refractivity contribution in [1.29, 1.82) is 0 Å². The summed E-state index contributed by atoms with van der Waals surface area (Å²) in [7, 11) is 0. The number of hydrogen-bond donors (Lipinski definition) is 0. The lowest BCUT2D eigenvalue weighted by molar-refractivity contribution is 0.0708. The summed E-state index contributed by atoms with van der Waals surface area (Å²) >= 11 is 0. The topological polar surface area (TPSA) is 63.0 Å². The average molecular weight is 463 g/mol. The number of benzene rings is 2. The van der Waals surface area contributed by atoms with Gasteiger partial charge in [0, 0.05) is 13.1 Å². The van der Waals surface area contributed by atoms with E-state index in [2.05, 4.69) is 18.7 Å². The highest BCUT2D eigenvalue weighted by Gasteiger charge is 2.42. The molecule has 1 amide bonds. The van der Waals surface area contributed by atoms with Crippen molar-refractivity contribution >= 4 is 16.9 Å². The predicted octanol–water partition coefficient (Wildman–Crippen LogP) is 5.08. The molecule has 0 saturated carbocycles. The normalized spacial score (nSPS) is 15.6. The molecular weight excluding hydrogens is 428 g/mol. The standard InChI is InChI=1S/C28H34N2O4/c1-7-29(8-2)13-14-30-25(20-9-11-21(12-10-20)33-17(3)4)24-26(31)22-15-18(5)19(6)16-23(22)34-27(24)28(30)32/h9-12,15-17,25H,7-8,13-14H2,1-6H3. The van der Waals surface area contributed by atoms with Crippen LogP contribution in [0.3, 0.4) is 0 Å². The van der Waals surface area contributed by atoms with Crippen LogP contribution in [0.5, 0.6) is 5.75 Å². The largest absolute Gasteiger partial charge is 0.491 e. The van der Waals surface area contributed by atoms with Crippen LogP contribution in [0.15, 0.2) is 45.6 Å². The summed E-state index contributed by atoms with van der Waals surface area (Å²) in [6, 6.07) is 10.9. The number of fused-ring (bicyclic) bond motifs is 2. The first kappa shape index (κ1) is 24.0. The molecule has 2 heterocycles. The van der Waals surface area contributed by atoms with Gasteiger partial charge in [0.1, 0.15) is 11.3 Å². The number of carbonyl (C=O) groups is 1. The van der Waals surface area contributed by atoms with Crippen LogP contribution in [-0.2, 0) is 0 Å². The Bertz CT molecular complexity index is 1260. The van der Waals surface area contributed by atoms with Crippen molar-refractivity contribution in [2.24, 2.45) is 0 Å². The molecule has 1 aliphatic rings. The lowest BCUT2D eigenvalue weighted by atomic mass is 9.97. The zero-order valence-electron chi connectivity index (χ0n) is 21.0. The highest BCUT2D eigenvalue weighted by atomic mass is 16.5. The van der Waals surface area contributed by atoms with Crippen molar-refractivity contribution in [2.75, 3.05) is 26.2 Å². The van der Waals surface area contributed by atoms with Gasteiger partial charge >= 0.3 is 0 Å².